The number of anilines is 3. The number of para-hydroxylation sites is 2. The van der Waals surface area contributed by atoms with E-state index in [4.69, 9.17) is 4.42 Å². The number of fused-ring (bicyclic) bond motifs is 8. The highest BCUT2D eigenvalue weighted by Gasteiger charge is 2.35. The first kappa shape index (κ1) is 31.6. The molecule has 1 aromatic heterocycles. The number of benzene rings is 9. The molecule has 0 unspecified atom stereocenters. The topological polar surface area (TPSA) is 16.4 Å². The fraction of sp³-hybridized carbons (Fsp3) is 0.0566. The number of furan rings is 1. The lowest BCUT2D eigenvalue weighted by molar-refractivity contribution is 0.660. The molecular formula is C53H37NO. The van der Waals surface area contributed by atoms with Gasteiger partial charge in [-0.25, -0.2) is 0 Å². The SMILES string of the molecule is CC1(C)c2ccccc2-c2ccc(-c3cccc(N(c4ccc5ccccc5c4)c4ccc5ccccc5c4-c4cccc5c4oc4ccccc45)c3)cc21. The maximum atomic E-state index is 6.73. The quantitative estimate of drug-likeness (QED) is 0.177. The molecule has 2 nitrogen and oxygen atoms in total. The molecule has 0 N–H and O–H groups in total. The van der Waals surface area contributed by atoms with Crippen molar-refractivity contribution in [2.24, 2.45) is 0 Å². The second-order valence-corrected chi connectivity index (χ2v) is 15.3. The zero-order valence-electron chi connectivity index (χ0n) is 30.8. The predicted octanol–water partition coefficient (Wildman–Crippen LogP) is 15.0. The highest BCUT2D eigenvalue weighted by atomic mass is 16.3. The van der Waals surface area contributed by atoms with Gasteiger partial charge in [-0.3, -0.25) is 0 Å². The van der Waals surface area contributed by atoms with Crippen LogP contribution in [-0.4, -0.2) is 0 Å². The molecule has 0 amide bonds. The summed E-state index contributed by atoms with van der Waals surface area (Å²) < 4.78 is 6.73. The van der Waals surface area contributed by atoms with Gasteiger partial charge in [-0.15, -0.1) is 0 Å². The van der Waals surface area contributed by atoms with Crippen LogP contribution >= 0.6 is 0 Å². The zero-order valence-corrected chi connectivity index (χ0v) is 30.8. The lowest BCUT2D eigenvalue weighted by atomic mass is 9.81. The largest absolute Gasteiger partial charge is 0.455 e. The van der Waals surface area contributed by atoms with Gasteiger partial charge in [0.15, 0.2) is 0 Å². The van der Waals surface area contributed by atoms with Crippen molar-refractivity contribution in [3.8, 4) is 33.4 Å². The van der Waals surface area contributed by atoms with Crippen LogP contribution in [0.3, 0.4) is 0 Å². The Kier molecular flexibility index (Phi) is 6.93. The van der Waals surface area contributed by atoms with E-state index in [9.17, 15) is 0 Å². The summed E-state index contributed by atoms with van der Waals surface area (Å²) in [5, 5.41) is 7.02. The van der Waals surface area contributed by atoms with E-state index < -0.39 is 0 Å². The molecule has 0 spiro atoms. The fourth-order valence-electron chi connectivity index (χ4n) is 9.12. The summed E-state index contributed by atoms with van der Waals surface area (Å²) in [5.41, 5.74) is 15.0. The third kappa shape index (κ3) is 4.88. The smallest absolute Gasteiger partial charge is 0.143 e. The Morgan fingerprint density at radius 3 is 1.98 bits per heavy atom. The third-order valence-electron chi connectivity index (χ3n) is 11.8. The molecule has 9 aromatic carbocycles. The molecule has 55 heavy (non-hydrogen) atoms. The molecule has 0 fully saturated rings. The van der Waals surface area contributed by atoms with Crippen LogP contribution in [0.5, 0.6) is 0 Å². The summed E-state index contributed by atoms with van der Waals surface area (Å²) in [6.07, 6.45) is 0. The first-order valence-corrected chi connectivity index (χ1v) is 19.1. The van der Waals surface area contributed by atoms with Crippen molar-refractivity contribution >= 4 is 60.5 Å². The van der Waals surface area contributed by atoms with Crippen LogP contribution in [-0.2, 0) is 5.41 Å². The van der Waals surface area contributed by atoms with Crippen molar-refractivity contribution in [3.05, 3.63) is 199 Å². The Labute approximate surface area is 320 Å². The van der Waals surface area contributed by atoms with Gasteiger partial charge in [0, 0.05) is 38.7 Å². The number of hydrogen-bond donors (Lipinski definition) is 0. The van der Waals surface area contributed by atoms with E-state index >= 15 is 0 Å². The monoisotopic (exact) mass is 703 g/mol. The van der Waals surface area contributed by atoms with Crippen LogP contribution in [0, 0.1) is 0 Å². The maximum Gasteiger partial charge on any atom is 0.143 e. The Morgan fingerprint density at radius 2 is 1.07 bits per heavy atom. The van der Waals surface area contributed by atoms with Crippen molar-refractivity contribution in [2.45, 2.75) is 19.3 Å². The Hall–Kier alpha value is -6.90. The molecule has 2 heteroatoms. The fourth-order valence-corrected chi connectivity index (χ4v) is 9.12. The summed E-state index contributed by atoms with van der Waals surface area (Å²) >= 11 is 0. The molecule has 0 saturated carbocycles. The third-order valence-corrected chi connectivity index (χ3v) is 11.8. The highest BCUT2D eigenvalue weighted by molar-refractivity contribution is 6.15. The van der Waals surface area contributed by atoms with E-state index in [1.165, 1.54) is 54.9 Å². The van der Waals surface area contributed by atoms with Gasteiger partial charge >= 0.3 is 0 Å². The van der Waals surface area contributed by atoms with Crippen molar-refractivity contribution in [2.75, 3.05) is 4.90 Å². The molecule has 260 valence electrons. The van der Waals surface area contributed by atoms with Crippen LogP contribution in [0.2, 0.25) is 0 Å². The van der Waals surface area contributed by atoms with Crippen LogP contribution in [0.4, 0.5) is 17.1 Å². The normalized spacial score (nSPS) is 13.1. The maximum absolute atomic E-state index is 6.73. The van der Waals surface area contributed by atoms with Gasteiger partial charge in [0.05, 0.1) is 5.69 Å². The van der Waals surface area contributed by atoms with E-state index in [0.29, 0.717) is 0 Å². The molecule has 1 heterocycles. The summed E-state index contributed by atoms with van der Waals surface area (Å²) in [5.74, 6) is 0. The van der Waals surface area contributed by atoms with Crippen LogP contribution in [0.15, 0.2) is 192 Å². The van der Waals surface area contributed by atoms with Gasteiger partial charge in [0.1, 0.15) is 11.2 Å². The van der Waals surface area contributed by atoms with E-state index in [1.54, 1.807) is 0 Å². The van der Waals surface area contributed by atoms with Gasteiger partial charge in [0.25, 0.3) is 0 Å². The lowest BCUT2D eigenvalue weighted by Gasteiger charge is -2.29. The van der Waals surface area contributed by atoms with Crippen LogP contribution in [0.25, 0.3) is 76.9 Å². The predicted molar refractivity (Wildman–Crippen MR) is 232 cm³/mol. The molecule has 0 bridgehead atoms. The molecular weight excluding hydrogens is 667 g/mol. The minimum Gasteiger partial charge on any atom is -0.455 e. The van der Waals surface area contributed by atoms with Crippen LogP contribution < -0.4 is 4.90 Å². The molecule has 1 aliphatic carbocycles. The minimum absolute atomic E-state index is 0.0751. The van der Waals surface area contributed by atoms with Crippen molar-refractivity contribution in [1.29, 1.82) is 0 Å². The van der Waals surface area contributed by atoms with Crippen LogP contribution in [0.1, 0.15) is 25.0 Å². The van der Waals surface area contributed by atoms with Crippen molar-refractivity contribution in [1.82, 2.24) is 0 Å². The molecule has 0 atom stereocenters. The van der Waals surface area contributed by atoms with E-state index in [1.807, 2.05) is 6.07 Å². The van der Waals surface area contributed by atoms with E-state index in [0.717, 1.165) is 50.1 Å². The molecule has 0 saturated heterocycles. The molecule has 10 aromatic rings. The second kappa shape index (κ2) is 12.1. The first-order valence-electron chi connectivity index (χ1n) is 19.1. The molecule has 11 rings (SSSR count). The Bertz CT molecular complexity index is 3150. The highest BCUT2D eigenvalue weighted by Crippen LogP contribution is 2.51. The summed E-state index contributed by atoms with van der Waals surface area (Å²) in [6.45, 7) is 4.70. The molecule has 0 radical (unpaired) electrons. The average molecular weight is 704 g/mol. The van der Waals surface area contributed by atoms with Gasteiger partial charge in [-0.2, -0.15) is 0 Å². The minimum atomic E-state index is -0.0751. The van der Waals surface area contributed by atoms with Gasteiger partial charge in [-0.05, 0) is 97.4 Å². The van der Waals surface area contributed by atoms with Crippen molar-refractivity contribution < 1.29 is 4.42 Å². The first-order chi connectivity index (χ1) is 27.0. The molecule has 1 aliphatic rings. The van der Waals surface area contributed by atoms with E-state index in [-0.39, 0.29) is 5.41 Å². The van der Waals surface area contributed by atoms with E-state index in [2.05, 4.69) is 201 Å². The summed E-state index contributed by atoms with van der Waals surface area (Å²) in [7, 11) is 0. The standard InChI is InChI=1S/C53H37NO/c1-53(2)47-23-9-7-19-42(47)43-29-26-38(33-48(43)53)37-16-11-17-39(32-37)54(40-28-25-34-13-3-4-15-36(34)31-40)49-30-27-35-14-5-6-18-41(35)51(49)46-22-12-21-45-44-20-8-10-24-50(44)55-52(45)46/h3-33H,1-2H3. The summed E-state index contributed by atoms with van der Waals surface area (Å²) in [6, 6.07) is 68.5. The van der Waals surface area contributed by atoms with Gasteiger partial charge in [-0.1, -0.05) is 159 Å². The lowest BCUT2D eigenvalue weighted by Crippen LogP contribution is -2.14. The van der Waals surface area contributed by atoms with Gasteiger partial charge in [0.2, 0.25) is 0 Å². The molecule has 0 aliphatic heterocycles. The Balaban J connectivity index is 1.16. The second-order valence-electron chi connectivity index (χ2n) is 15.3. The number of rotatable bonds is 5. The number of nitrogens with zero attached hydrogens (tertiary/aromatic N) is 1. The van der Waals surface area contributed by atoms with Gasteiger partial charge < -0.3 is 9.32 Å². The summed E-state index contributed by atoms with van der Waals surface area (Å²) in [4.78, 5) is 2.44. The number of hydrogen-bond acceptors (Lipinski definition) is 2. The average Bonchev–Trinajstić information content (AvgIpc) is 3.73. The zero-order chi connectivity index (χ0) is 36.7. The van der Waals surface area contributed by atoms with Crippen molar-refractivity contribution in [3.63, 3.8) is 0 Å². The Morgan fingerprint density at radius 1 is 0.418 bits per heavy atom.